The van der Waals surface area contributed by atoms with Crippen molar-refractivity contribution in [2.75, 3.05) is 16.7 Å². The van der Waals surface area contributed by atoms with Gasteiger partial charge in [-0.3, -0.25) is 4.72 Å². The van der Waals surface area contributed by atoms with E-state index in [-0.39, 0.29) is 6.04 Å². The van der Waals surface area contributed by atoms with Gasteiger partial charge in [0.1, 0.15) is 4.21 Å². The molecule has 0 unspecified atom stereocenters. The van der Waals surface area contributed by atoms with Crippen molar-refractivity contribution in [1.82, 2.24) is 0 Å². The standard InChI is InChI=1S/C15H20N2O2S2/c1-11(2)17(4)14-8-6-5-7-13(14)16-21(18,19)15-9-12(3)10-20-15/h5-11,16H,1-4H3. The summed E-state index contributed by atoms with van der Waals surface area (Å²) in [5, 5.41) is 1.83. The average Bonchev–Trinajstić information content (AvgIpc) is 2.85. The van der Waals surface area contributed by atoms with E-state index in [1.165, 1.54) is 11.3 Å². The molecular formula is C15H20N2O2S2. The van der Waals surface area contributed by atoms with Gasteiger partial charge in [0.05, 0.1) is 11.4 Å². The third-order valence-electron chi connectivity index (χ3n) is 3.27. The van der Waals surface area contributed by atoms with Crippen LogP contribution in [0.25, 0.3) is 0 Å². The van der Waals surface area contributed by atoms with E-state index >= 15 is 0 Å². The number of hydrogen-bond donors (Lipinski definition) is 1. The third-order valence-corrected chi connectivity index (χ3v) is 6.20. The van der Waals surface area contributed by atoms with Gasteiger partial charge in [0.2, 0.25) is 0 Å². The number of rotatable bonds is 5. The summed E-state index contributed by atoms with van der Waals surface area (Å²) in [7, 11) is -1.58. The first-order valence-electron chi connectivity index (χ1n) is 6.71. The van der Waals surface area contributed by atoms with Gasteiger partial charge in [-0.2, -0.15) is 0 Å². The normalized spacial score (nSPS) is 11.7. The van der Waals surface area contributed by atoms with Gasteiger partial charge in [0.25, 0.3) is 10.0 Å². The number of nitrogens with one attached hydrogen (secondary N) is 1. The van der Waals surface area contributed by atoms with Crippen molar-refractivity contribution in [1.29, 1.82) is 0 Å². The Hall–Kier alpha value is -1.53. The molecule has 4 nitrogen and oxygen atoms in total. The van der Waals surface area contributed by atoms with E-state index in [0.717, 1.165) is 11.3 Å². The number of nitrogens with zero attached hydrogens (tertiary/aromatic N) is 1. The molecule has 0 aliphatic carbocycles. The third kappa shape index (κ3) is 3.57. The van der Waals surface area contributed by atoms with E-state index in [4.69, 9.17) is 0 Å². The fourth-order valence-corrected chi connectivity index (χ4v) is 4.19. The minimum atomic E-state index is -3.53. The van der Waals surface area contributed by atoms with Gasteiger partial charge in [0.15, 0.2) is 0 Å². The zero-order valence-electron chi connectivity index (χ0n) is 12.6. The molecular weight excluding hydrogens is 304 g/mol. The molecule has 2 rings (SSSR count). The van der Waals surface area contributed by atoms with E-state index in [9.17, 15) is 8.42 Å². The number of thiophene rings is 1. The number of para-hydroxylation sites is 2. The molecule has 0 fully saturated rings. The zero-order chi connectivity index (χ0) is 15.6. The maximum absolute atomic E-state index is 12.4. The van der Waals surface area contributed by atoms with Crippen molar-refractivity contribution in [3.63, 3.8) is 0 Å². The quantitative estimate of drug-likeness (QED) is 0.912. The van der Waals surface area contributed by atoms with Crippen LogP contribution >= 0.6 is 11.3 Å². The first-order valence-corrected chi connectivity index (χ1v) is 9.07. The van der Waals surface area contributed by atoms with Crippen LogP contribution < -0.4 is 9.62 Å². The Labute approximate surface area is 130 Å². The summed E-state index contributed by atoms with van der Waals surface area (Å²) >= 11 is 1.23. The van der Waals surface area contributed by atoms with Crippen LogP contribution in [0.1, 0.15) is 19.4 Å². The topological polar surface area (TPSA) is 49.4 Å². The van der Waals surface area contributed by atoms with Crippen LogP contribution in [0.4, 0.5) is 11.4 Å². The summed E-state index contributed by atoms with van der Waals surface area (Å²) < 4.78 is 27.9. The van der Waals surface area contributed by atoms with Crippen molar-refractivity contribution in [2.45, 2.75) is 31.0 Å². The van der Waals surface area contributed by atoms with E-state index in [1.54, 1.807) is 12.1 Å². The Balaban J connectivity index is 2.36. The Kier molecular flexibility index (Phi) is 4.58. The van der Waals surface area contributed by atoms with Gasteiger partial charge in [0, 0.05) is 13.1 Å². The van der Waals surface area contributed by atoms with Gasteiger partial charge in [-0.1, -0.05) is 12.1 Å². The largest absolute Gasteiger partial charge is 0.370 e. The molecule has 0 bridgehead atoms. The van der Waals surface area contributed by atoms with Gasteiger partial charge in [-0.25, -0.2) is 8.42 Å². The fraction of sp³-hybridized carbons (Fsp3) is 0.333. The molecule has 2 aromatic rings. The van der Waals surface area contributed by atoms with Crippen molar-refractivity contribution in [2.24, 2.45) is 0 Å². The van der Waals surface area contributed by atoms with E-state index < -0.39 is 10.0 Å². The summed E-state index contributed by atoms with van der Waals surface area (Å²) in [6, 6.07) is 9.39. The molecule has 1 aromatic carbocycles. The summed E-state index contributed by atoms with van der Waals surface area (Å²) in [4.78, 5) is 2.04. The van der Waals surface area contributed by atoms with E-state index in [2.05, 4.69) is 18.6 Å². The molecule has 6 heteroatoms. The molecule has 1 aromatic heterocycles. The monoisotopic (exact) mass is 324 g/mol. The van der Waals surface area contributed by atoms with E-state index in [0.29, 0.717) is 9.90 Å². The van der Waals surface area contributed by atoms with Gasteiger partial charge in [-0.15, -0.1) is 11.3 Å². The van der Waals surface area contributed by atoms with Crippen molar-refractivity contribution in [3.05, 3.63) is 41.3 Å². The Morgan fingerprint density at radius 2 is 1.90 bits per heavy atom. The number of sulfonamides is 1. The molecule has 114 valence electrons. The predicted molar refractivity (Wildman–Crippen MR) is 89.8 cm³/mol. The van der Waals surface area contributed by atoms with Crippen LogP contribution in [0.3, 0.4) is 0 Å². The van der Waals surface area contributed by atoms with Crippen molar-refractivity contribution >= 4 is 32.7 Å². The van der Waals surface area contributed by atoms with Crippen LogP contribution in [0, 0.1) is 6.92 Å². The zero-order valence-corrected chi connectivity index (χ0v) is 14.3. The molecule has 0 atom stereocenters. The van der Waals surface area contributed by atoms with Crippen molar-refractivity contribution < 1.29 is 8.42 Å². The lowest BCUT2D eigenvalue weighted by Crippen LogP contribution is -2.27. The van der Waals surface area contributed by atoms with Gasteiger partial charge >= 0.3 is 0 Å². The van der Waals surface area contributed by atoms with Crippen LogP contribution in [-0.2, 0) is 10.0 Å². The lowest BCUT2D eigenvalue weighted by atomic mass is 10.2. The van der Waals surface area contributed by atoms with Crippen LogP contribution in [0.2, 0.25) is 0 Å². The lowest BCUT2D eigenvalue weighted by Gasteiger charge is -2.26. The highest BCUT2D eigenvalue weighted by Crippen LogP contribution is 2.29. The molecule has 0 amide bonds. The highest BCUT2D eigenvalue weighted by molar-refractivity contribution is 7.94. The first kappa shape index (κ1) is 15.9. The summed E-state index contributed by atoms with van der Waals surface area (Å²) in [5.74, 6) is 0. The Bertz CT molecular complexity index is 721. The smallest absolute Gasteiger partial charge is 0.271 e. The minimum absolute atomic E-state index is 0.277. The van der Waals surface area contributed by atoms with Crippen molar-refractivity contribution in [3.8, 4) is 0 Å². The number of benzene rings is 1. The van der Waals surface area contributed by atoms with Crippen LogP contribution in [0.15, 0.2) is 39.9 Å². The second kappa shape index (κ2) is 6.07. The van der Waals surface area contributed by atoms with Crippen LogP contribution in [-0.4, -0.2) is 21.5 Å². The molecule has 0 saturated heterocycles. The molecule has 1 heterocycles. The molecule has 21 heavy (non-hydrogen) atoms. The molecule has 0 saturated carbocycles. The lowest BCUT2D eigenvalue weighted by molar-refractivity contribution is 0.603. The van der Waals surface area contributed by atoms with Gasteiger partial charge in [-0.05, 0) is 49.9 Å². The molecule has 0 aliphatic rings. The van der Waals surface area contributed by atoms with E-state index in [1.807, 2.05) is 42.5 Å². The second-order valence-electron chi connectivity index (χ2n) is 5.27. The second-order valence-corrected chi connectivity index (χ2v) is 8.09. The summed E-state index contributed by atoms with van der Waals surface area (Å²) in [6.07, 6.45) is 0. The predicted octanol–water partition coefficient (Wildman–Crippen LogP) is 3.70. The molecule has 0 spiro atoms. The maximum atomic E-state index is 12.4. The summed E-state index contributed by atoms with van der Waals surface area (Å²) in [5.41, 5.74) is 2.41. The SMILES string of the molecule is Cc1csc(S(=O)(=O)Nc2ccccc2N(C)C(C)C)c1. The first-order chi connectivity index (χ1) is 9.81. The highest BCUT2D eigenvalue weighted by Gasteiger charge is 2.19. The van der Waals surface area contributed by atoms with Crippen LogP contribution in [0.5, 0.6) is 0 Å². The Morgan fingerprint density at radius 3 is 2.48 bits per heavy atom. The maximum Gasteiger partial charge on any atom is 0.271 e. The number of anilines is 2. The molecule has 0 aliphatic heterocycles. The molecule has 0 radical (unpaired) electrons. The average molecular weight is 324 g/mol. The van der Waals surface area contributed by atoms with Gasteiger partial charge < -0.3 is 4.90 Å². The minimum Gasteiger partial charge on any atom is -0.370 e. The number of hydrogen-bond acceptors (Lipinski definition) is 4. The Morgan fingerprint density at radius 1 is 1.24 bits per heavy atom. The highest BCUT2D eigenvalue weighted by atomic mass is 32.2. The summed E-state index contributed by atoms with van der Waals surface area (Å²) in [6.45, 7) is 6.01. The number of aryl methyl sites for hydroxylation is 1. The fourth-order valence-electron chi connectivity index (χ4n) is 1.89. The molecule has 1 N–H and O–H groups in total.